The zero-order valence-electron chi connectivity index (χ0n) is 42.2. The molecule has 26 heteroatoms. The van der Waals surface area contributed by atoms with E-state index in [1.165, 1.54) is 48.7 Å². The van der Waals surface area contributed by atoms with Crippen molar-refractivity contribution in [2.75, 3.05) is 27.3 Å². The Labute approximate surface area is 449 Å². The number of ether oxygens (including phenoxy) is 2. The number of nitrogens with zero attached hydrogens (tertiary/aromatic N) is 6. The Morgan fingerprint density at radius 3 is 1.35 bits per heavy atom. The van der Waals surface area contributed by atoms with Crippen molar-refractivity contribution in [1.82, 2.24) is 30.4 Å². The molecule has 4 fully saturated rings. The number of alkyl halides is 4. The topological polar surface area (TPSA) is 208 Å². The van der Waals surface area contributed by atoms with Gasteiger partial charge in [0, 0.05) is 85.4 Å². The number of hydrogen-bond donors (Lipinski definition) is 4. The summed E-state index contributed by atoms with van der Waals surface area (Å²) in [5.41, 5.74) is 0.786. The fourth-order valence-corrected chi connectivity index (χ4v) is 13.0. The van der Waals surface area contributed by atoms with E-state index in [0.717, 1.165) is 26.4 Å². The van der Waals surface area contributed by atoms with Gasteiger partial charge in [-0.15, -0.1) is 22.7 Å². The molecule has 8 atom stereocenters. The van der Waals surface area contributed by atoms with E-state index in [1.54, 1.807) is 33.0 Å². The standard InChI is InChI=1S/2C26H26F4N4O4S/c2*1-12-15(3-4-16(27)21(12)28)22-20(25(37)38-2)17(32-23(33-22)24-31-5-6-39-24)11-34-14-7-13(9-19(35)36)8-18(34)26(29,30)10-14/h2*3-6,13-14,18,22H,7-11H2,1-2H3,(H,32,33)(H,35,36)/t13-,14-,18+,22+;13-,14-,18+,22-/m10/s1. The molecule has 0 radical (unpaired) electrons. The van der Waals surface area contributed by atoms with Crippen molar-refractivity contribution in [3.63, 3.8) is 0 Å². The molecule has 0 saturated carbocycles. The van der Waals surface area contributed by atoms with Gasteiger partial charge < -0.3 is 30.3 Å². The number of thiazole rings is 2. The van der Waals surface area contributed by atoms with Crippen LogP contribution in [0, 0.1) is 49.0 Å². The van der Waals surface area contributed by atoms with Crippen molar-refractivity contribution in [1.29, 1.82) is 0 Å². The highest BCUT2D eigenvalue weighted by Gasteiger charge is 2.59. The van der Waals surface area contributed by atoms with Crippen LogP contribution in [0.25, 0.3) is 0 Å². The molecule has 10 rings (SSSR count). The summed E-state index contributed by atoms with van der Waals surface area (Å²) in [5, 5.41) is 28.9. The number of carbonyl (C=O) groups is 4. The van der Waals surface area contributed by atoms with Gasteiger partial charge in [0.1, 0.15) is 12.1 Å². The molecule has 0 aliphatic carbocycles. The second kappa shape index (κ2) is 22.2. The number of benzene rings is 2. The Bertz CT molecular complexity index is 2930. The Morgan fingerprint density at radius 1 is 0.641 bits per heavy atom. The summed E-state index contributed by atoms with van der Waals surface area (Å²) in [4.78, 5) is 69.8. The van der Waals surface area contributed by atoms with Crippen molar-refractivity contribution < 1.29 is 74.0 Å². The summed E-state index contributed by atoms with van der Waals surface area (Å²) < 4.78 is 128. The summed E-state index contributed by atoms with van der Waals surface area (Å²) in [5.74, 6) is -14.3. The third-order valence-corrected chi connectivity index (χ3v) is 16.9. The van der Waals surface area contributed by atoms with Crippen LogP contribution in [0.4, 0.5) is 35.1 Å². The van der Waals surface area contributed by atoms with Gasteiger partial charge >= 0.3 is 23.9 Å². The Kier molecular flexibility index (Phi) is 16.0. The highest BCUT2D eigenvalue weighted by atomic mass is 32.1. The molecular formula is C52H52F8N8O8S2. The summed E-state index contributed by atoms with van der Waals surface area (Å²) in [6, 6.07) is -1.34. The van der Waals surface area contributed by atoms with E-state index in [4.69, 9.17) is 9.47 Å². The smallest absolute Gasteiger partial charge is 0.338 e. The lowest BCUT2D eigenvalue weighted by atomic mass is 9.87. The summed E-state index contributed by atoms with van der Waals surface area (Å²) in [7, 11) is 2.33. The van der Waals surface area contributed by atoms with Crippen molar-refractivity contribution in [2.45, 2.75) is 113 Å². The predicted octanol–water partition coefficient (Wildman–Crippen LogP) is 8.42. The maximum Gasteiger partial charge on any atom is 0.338 e. The van der Waals surface area contributed by atoms with E-state index in [-0.39, 0.29) is 120 Å². The van der Waals surface area contributed by atoms with Crippen LogP contribution in [-0.2, 0) is 28.7 Å². The van der Waals surface area contributed by atoms with Crippen molar-refractivity contribution in [2.24, 2.45) is 21.8 Å². The Hall–Kier alpha value is -6.64. The van der Waals surface area contributed by atoms with Crippen LogP contribution in [0.3, 0.4) is 0 Å². The molecule has 16 nitrogen and oxygen atoms in total. The number of hydrogen-bond acceptors (Lipinski definition) is 16. The van der Waals surface area contributed by atoms with E-state index in [0.29, 0.717) is 10.0 Å². The monoisotopic (exact) mass is 1130 g/mol. The van der Waals surface area contributed by atoms with Gasteiger partial charge in [0.2, 0.25) is 0 Å². The predicted molar refractivity (Wildman–Crippen MR) is 267 cm³/mol. The maximum absolute atomic E-state index is 15.1. The second-order valence-corrected chi connectivity index (χ2v) is 21.9. The van der Waals surface area contributed by atoms with Gasteiger partial charge in [0.05, 0.1) is 37.4 Å². The lowest BCUT2D eigenvalue weighted by Gasteiger charge is -2.40. The fourth-order valence-electron chi connectivity index (χ4n) is 11.9. The van der Waals surface area contributed by atoms with Crippen LogP contribution in [0.5, 0.6) is 0 Å². The molecule has 6 aliphatic heterocycles. The van der Waals surface area contributed by atoms with Gasteiger partial charge in [-0.2, -0.15) is 0 Å². The number of carbonyl (C=O) groups excluding carboxylic acids is 2. The van der Waals surface area contributed by atoms with E-state index in [2.05, 4.69) is 30.6 Å². The molecule has 2 aromatic carbocycles. The van der Waals surface area contributed by atoms with Gasteiger partial charge in [-0.25, -0.2) is 54.7 Å². The Morgan fingerprint density at radius 2 is 1.03 bits per heavy atom. The zero-order valence-corrected chi connectivity index (χ0v) is 43.8. The van der Waals surface area contributed by atoms with Crippen molar-refractivity contribution in [3.8, 4) is 0 Å². The quantitative estimate of drug-likeness (QED) is 0.0691. The molecule has 0 unspecified atom stereocenters. The number of aliphatic carboxylic acids is 2. The van der Waals surface area contributed by atoms with E-state index >= 15 is 17.6 Å². The number of aromatic nitrogens is 2. The first-order chi connectivity index (χ1) is 37.0. The number of carboxylic acids is 2. The number of nitrogens with one attached hydrogen (secondary N) is 2. The van der Waals surface area contributed by atoms with Crippen LogP contribution in [0.15, 0.2) is 79.9 Å². The SMILES string of the molecule is COC(=O)C1=C(CN2[C@@H]3C[C@@H](CC(=O)O)C[C@H]2C(F)(F)C3)NC(c2nccs2)=N[C@H]1c1ccc(F)c(F)c1C.COC(=O)C1=C(CN2[C@H]3C[C@H](CC(=O)O)C[C@@H]2C(F)(F)C3)NC(c2nccs2)=N[C@H]1c1ccc(F)c(F)c1C. The molecule has 416 valence electrons. The molecule has 4 saturated heterocycles. The highest BCUT2D eigenvalue weighted by molar-refractivity contribution is 7.12. The fraction of sp³-hybridized carbons (Fsp3) is 0.462. The van der Waals surface area contributed by atoms with E-state index in [9.17, 15) is 47.0 Å². The van der Waals surface area contributed by atoms with Crippen molar-refractivity contribution >= 4 is 58.2 Å². The number of methoxy groups -OCH3 is 2. The minimum absolute atomic E-state index is 0.00419. The van der Waals surface area contributed by atoms with Crippen molar-refractivity contribution in [3.05, 3.63) is 125 Å². The molecule has 2 aromatic heterocycles. The van der Waals surface area contributed by atoms with Gasteiger partial charge in [0.25, 0.3) is 11.8 Å². The molecule has 4 bridgehead atoms. The zero-order chi connectivity index (χ0) is 56.1. The highest BCUT2D eigenvalue weighted by Crippen LogP contribution is 2.51. The number of carboxylic acid groups (broad SMARTS) is 2. The molecular weight excluding hydrogens is 1080 g/mol. The first kappa shape index (κ1) is 56.1. The normalized spacial score (nSPS) is 26.3. The number of aliphatic imine (C=N–C) groups is 2. The lowest BCUT2D eigenvalue weighted by molar-refractivity contribution is -0.140. The summed E-state index contributed by atoms with van der Waals surface area (Å²) in [6.07, 6.45) is 2.42. The molecule has 4 N–H and O–H groups in total. The summed E-state index contributed by atoms with van der Waals surface area (Å²) in [6.45, 7) is 2.52. The first-order valence-electron chi connectivity index (χ1n) is 24.7. The van der Waals surface area contributed by atoms with Crippen LogP contribution >= 0.6 is 22.7 Å². The largest absolute Gasteiger partial charge is 0.481 e. The average molecular weight is 1130 g/mol. The molecule has 8 heterocycles. The molecule has 0 amide bonds. The molecule has 4 aromatic rings. The van der Waals surface area contributed by atoms with Crippen LogP contribution < -0.4 is 10.6 Å². The number of piperidine rings is 2. The third-order valence-electron chi connectivity index (χ3n) is 15.3. The third kappa shape index (κ3) is 11.0. The van der Waals surface area contributed by atoms with E-state index in [1.807, 2.05) is 0 Å². The minimum Gasteiger partial charge on any atom is -0.481 e. The number of esters is 2. The van der Waals surface area contributed by atoms with Gasteiger partial charge in [0.15, 0.2) is 45.0 Å². The number of rotatable bonds is 14. The molecule has 0 spiro atoms. The number of halogens is 8. The minimum atomic E-state index is -3.04. The van der Waals surface area contributed by atoms with E-state index < -0.39 is 108 Å². The maximum atomic E-state index is 15.1. The first-order valence-corrected chi connectivity index (χ1v) is 26.5. The van der Waals surface area contributed by atoms with Crippen LogP contribution in [0.1, 0.15) is 95.7 Å². The average Bonchev–Trinajstić information content (AvgIpc) is 4.37. The van der Waals surface area contributed by atoms with Crippen LogP contribution in [-0.4, -0.2) is 129 Å². The Balaban J connectivity index is 0.000000190. The number of amidine groups is 2. The van der Waals surface area contributed by atoms with Gasteiger partial charge in [-0.3, -0.25) is 29.4 Å². The summed E-state index contributed by atoms with van der Waals surface area (Å²) >= 11 is 2.51. The molecule has 78 heavy (non-hydrogen) atoms. The van der Waals surface area contributed by atoms with Gasteiger partial charge in [-0.1, -0.05) is 12.1 Å². The lowest BCUT2D eigenvalue weighted by Crippen LogP contribution is -2.50. The number of fused-ring (bicyclic) bond motifs is 4. The second-order valence-electron chi connectivity index (χ2n) is 20.1. The van der Waals surface area contributed by atoms with Crippen LogP contribution in [0.2, 0.25) is 0 Å². The van der Waals surface area contributed by atoms with Gasteiger partial charge in [-0.05, 0) is 85.8 Å². The molecule has 6 aliphatic rings.